The highest BCUT2D eigenvalue weighted by molar-refractivity contribution is 4.73. The van der Waals surface area contributed by atoms with E-state index >= 15 is 0 Å². The molecule has 0 aliphatic carbocycles. The lowest BCUT2D eigenvalue weighted by molar-refractivity contribution is -0.219. The summed E-state index contributed by atoms with van der Waals surface area (Å²) in [5.74, 6) is -1.75. The maximum atomic E-state index is 8.89. The molecule has 0 aromatic heterocycles. The molecule has 0 radical (unpaired) electrons. The molecule has 0 bridgehead atoms. The Bertz CT molecular complexity index is 92.9. The van der Waals surface area contributed by atoms with Crippen molar-refractivity contribution in [3.63, 3.8) is 0 Å². The molecule has 0 amide bonds. The number of rotatable bonds is 1. The molecule has 0 aromatic carbocycles. The van der Waals surface area contributed by atoms with Gasteiger partial charge in [-0.3, -0.25) is 5.32 Å². The van der Waals surface area contributed by atoms with Gasteiger partial charge in [-0.25, -0.2) is 0 Å². The molecule has 0 spiro atoms. The van der Waals surface area contributed by atoms with Gasteiger partial charge >= 0.3 is 0 Å². The summed E-state index contributed by atoms with van der Waals surface area (Å²) in [5, 5.41) is 20.5. The van der Waals surface area contributed by atoms with E-state index in [1.54, 1.807) is 0 Å². The van der Waals surface area contributed by atoms with Gasteiger partial charge in [0.05, 0.1) is 6.61 Å². The van der Waals surface area contributed by atoms with E-state index in [4.69, 9.17) is 14.9 Å². The summed E-state index contributed by atoms with van der Waals surface area (Å²) >= 11 is 0. The predicted octanol–water partition coefficient (Wildman–Crippen LogP) is -1.37. The van der Waals surface area contributed by atoms with Gasteiger partial charge in [0.1, 0.15) is 0 Å². The molecule has 3 N–H and O–H groups in total. The summed E-state index contributed by atoms with van der Waals surface area (Å²) in [6.07, 6.45) is -0.627. The van der Waals surface area contributed by atoms with E-state index in [0.717, 1.165) is 0 Å². The molecule has 1 saturated heterocycles. The molecule has 0 aromatic rings. The minimum atomic E-state index is -1.75. The zero-order valence-electron chi connectivity index (χ0n) is 5.29. The van der Waals surface area contributed by atoms with Crippen LogP contribution in [-0.4, -0.2) is 35.4 Å². The molecule has 1 unspecified atom stereocenters. The molecule has 9 heavy (non-hydrogen) atoms. The largest absolute Gasteiger partial charge is 0.363 e. The van der Waals surface area contributed by atoms with Crippen molar-refractivity contribution in [3.8, 4) is 0 Å². The number of aliphatic hydroxyl groups is 2. The molecule has 1 aliphatic rings. The third-order valence-electron chi connectivity index (χ3n) is 1.21. The molecule has 1 fully saturated rings. The van der Waals surface area contributed by atoms with Gasteiger partial charge < -0.3 is 14.9 Å². The van der Waals surface area contributed by atoms with Gasteiger partial charge in [0.2, 0.25) is 5.79 Å². The Morgan fingerprint density at radius 1 is 1.67 bits per heavy atom. The van der Waals surface area contributed by atoms with Crippen LogP contribution < -0.4 is 5.32 Å². The van der Waals surface area contributed by atoms with Crippen LogP contribution in [0.2, 0.25) is 0 Å². The van der Waals surface area contributed by atoms with Crippen LogP contribution in [-0.2, 0) is 4.74 Å². The van der Waals surface area contributed by atoms with Gasteiger partial charge in [0.25, 0.3) is 0 Å². The molecule has 1 atom stereocenters. The van der Waals surface area contributed by atoms with E-state index < -0.39 is 12.0 Å². The molecule has 0 saturated carbocycles. The van der Waals surface area contributed by atoms with Crippen molar-refractivity contribution in [1.29, 1.82) is 0 Å². The highest BCUT2D eigenvalue weighted by Gasteiger charge is 2.32. The van der Waals surface area contributed by atoms with Crippen LogP contribution in [0.4, 0.5) is 0 Å². The van der Waals surface area contributed by atoms with Gasteiger partial charge in [-0.15, -0.1) is 0 Å². The van der Waals surface area contributed by atoms with E-state index in [0.29, 0.717) is 13.2 Å². The van der Waals surface area contributed by atoms with Crippen molar-refractivity contribution in [2.24, 2.45) is 0 Å². The van der Waals surface area contributed by atoms with Crippen LogP contribution in [0.15, 0.2) is 0 Å². The number of hydrogen-bond acceptors (Lipinski definition) is 4. The summed E-state index contributed by atoms with van der Waals surface area (Å²) in [6, 6.07) is 0. The smallest absolute Gasteiger partial charge is 0.200 e. The van der Waals surface area contributed by atoms with Crippen LogP contribution in [0.5, 0.6) is 0 Å². The summed E-state index contributed by atoms with van der Waals surface area (Å²) in [5.41, 5.74) is 0. The first-order chi connectivity index (χ1) is 4.11. The molecular weight excluding hydrogens is 122 g/mol. The fourth-order valence-electron chi connectivity index (χ4n) is 0.777. The van der Waals surface area contributed by atoms with Crippen molar-refractivity contribution in [3.05, 3.63) is 0 Å². The quantitative estimate of drug-likeness (QED) is 0.386. The third kappa shape index (κ3) is 1.62. The second-order valence-electron chi connectivity index (χ2n) is 2.30. The average Bonchev–Trinajstić information content (AvgIpc) is 2.08. The second kappa shape index (κ2) is 2.22. The number of ether oxygens (including phenoxy) is 1. The van der Waals surface area contributed by atoms with Crippen molar-refractivity contribution in [2.75, 3.05) is 13.2 Å². The Labute approximate surface area is 53.4 Å². The highest BCUT2D eigenvalue weighted by atomic mass is 16.6. The Morgan fingerprint density at radius 3 is 2.56 bits per heavy atom. The highest BCUT2D eigenvalue weighted by Crippen LogP contribution is 2.09. The van der Waals surface area contributed by atoms with Gasteiger partial charge in [-0.1, -0.05) is 0 Å². The van der Waals surface area contributed by atoms with Crippen LogP contribution >= 0.6 is 0 Å². The van der Waals surface area contributed by atoms with E-state index in [9.17, 15) is 0 Å². The fraction of sp³-hybridized carbons (Fsp3) is 1.00. The van der Waals surface area contributed by atoms with Crippen molar-refractivity contribution in [2.45, 2.75) is 18.9 Å². The predicted molar refractivity (Wildman–Crippen MR) is 30.6 cm³/mol. The Hall–Kier alpha value is -0.160. The lowest BCUT2D eigenvalue weighted by Gasteiger charge is -2.22. The van der Waals surface area contributed by atoms with E-state index in [2.05, 4.69) is 5.32 Å². The number of nitrogens with one attached hydrogen (secondary N) is 1. The fourth-order valence-corrected chi connectivity index (χ4v) is 0.777. The molecule has 1 rings (SSSR count). The zero-order valence-corrected chi connectivity index (χ0v) is 5.29. The van der Waals surface area contributed by atoms with E-state index in [1.807, 2.05) is 0 Å². The maximum Gasteiger partial charge on any atom is 0.200 e. The normalized spacial score (nSPS) is 29.0. The number of hydrogen-bond donors (Lipinski definition) is 3. The van der Waals surface area contributed by atoms with Gasteiger partial charge in [-0.05, 0) is 6.92 Å². The van der Waals surface area contributed by atoms with E-state index in [1.165, 1.54) is 6.92 Å². The zero-order chi connectivity index (χ0) is 6.91. The molecule has 4 nitrogen and oxygen atoms in total. The van der Waals surface area contributed by atoms with Gasteiger partial charge in [0, 0.05) is 6.54 Å². The van der Waals surface area contributed by atoms with Crippen LogP contribution in [0, 0.1) is 0 Å². The Kier molecular flexibility index (Phi) is 1.72. The first-order valence-electron chi connectivity index (χ1n) is 2.90. The molecule has 54 valence electrons. The van der Waals surface area contributed by atoms with Gasteiger partial charge in [-0.2, -0.15) is 0 Å². The SMILES string of the molecule is CC(O)(O)C1NCCO1. The topological polar surface area (TPSA) is 61.7 Å². The monoisotopic (exact) mass is 133 g/mol. The Balaban J connectivity index is 2.42. The average molecular weight is 133 g/mol. The van der Waals surface area contributed by atoms with Crippen LogP contribution in [0.25, 0.3) is 0 Å². The summed E-state index contributed by atoms with van der Waals surface area (Å²) in [4.78, 5) is 0. The first kappa shape index (κ1) is 6.95. The summed E-state index contributed by atoms with van der Waals surface area (Å²) in [6.45, 7) is 2.51. The van der Waals surface area contributed by atoms with Gasteiger partial charge in [0.15, 0.2) is 6.23 Å². The molecule has 4 heteroatoms. The van der Waals surface area contributed by atoms with Crippen LogP contribution in [0.1, 0.15) is 6.92 Å². The minimum absolute atomic E-state index is 0.543. The third-order valence-corrected chi connectivity index (χ3v) is 1.21. The minimum Gasteiger partial charge on any atom is -0.363 e. The summed E-state index contributed by atoms with van der Waals surface area (Å²) in [7, 11) is 0. The maximum absolute atomic E-state index is 8.89. The van der Waals surface area contributed by atoms with Crippen LogP contribution in [0.3, 0.4) is 0 Å². The van der Waals surface area contributed by atoms with E-state index in [-0.39, 0.29) is 0 Å². The van der Waals surface area contributed by atoms with Crippen molar-refractivity contribution in [1.82, 2.24) is 5.32 Å². The lowest BCUT2D eigenvalue weighted by Crippen LogP contribution is -2.45. The molecule has 1 heterocycles. The van der Waals surface area contributed by atoms with Crippen molar-refractivity contribution >= 4 is 0 Å². The van der Waals surface area contributed by atoms with Crippen molar-refractivity contribution < 1.29 is 14.9 Å². The molecule has 1 aliphatic heterocycles. The summed E-state index contributed by atoms with van der Waals surface area (Å²) < 4.78 is 4.91. The lowest BCUT2D eigenvalue weighted by atomic mass is 10.3. The second-order valence-corrected chi connectivity index (χ2v) is 2.30. The first-order valence-corrected chi connectivity index (χ1v) is 2.90. The molecular formula is C5H11NO3. The Morgan fingerprint density at radius 2 is 2.33 bits per heavy atom. The standard InChI is InChI=1S/C5H11NO3/c1-5(7,8)4-6-2-3-9-4/h4,6-8H,2-3H2,1H3.